The molecule has 0 bridgehead atoms. The molecule has 0 saturated carbocycles. The second-order valence-corrected chi connectivity index (χ2v) is 6.99. The molecule has 5 nitrogen and oxygen atoms in total. The van der Waals surface area contributed by atoms with E-state index in [9.17, 15) is 13.7 Å². The molecule has 2 aromatic carbocycles. The van der Waals surface area contributed by atoms with Gasteiger partial charge in [0.1, 0.15) is 5.75 Å². The number of hydrogen-bond acceptors (Lipinski definition) is 4. The number of nitrogens with zero attached hydrogens (tertiary/aromatic N) is 1. The van der Waals surface area contributed by atoms with Crippen molar-refractivity contribution in [3.63, 3.8) is 0 Å². The molecular formula is C18H18N2O3S. The van der Waals surface area contributed by atoms with Crippen LogP contribution in [0.15, 0.2) is 65.6 Å². The Labute approximate surface area is 142 Å². The van der Waals surface area contributed by atoms with Crippen LogP contribution in [0.1, 0.15) is 17.2 Å². The van der Waals surface area contributed by atoms with Gasteiger partial charge < -0.3 is 4.74 Å². The van der Waals surface area contributed by atoms with Crippen LogP contribution < -0.4 is 9.46 Å². The second kappa shape index (κ2) is 7.30. The maximum Gasteiger partial charge on any atom is 0.241 e. The molecule has 2 aromatic rings. The van der Waals surface area contributed by atoms with E-state index >= 15 is 0 Å². The lowest BCUT2D eigenvalue weighted by Gasteiger charge is -2.18. The van der Waals surface area contributed by atoms with Crippen molar-refractivity contribution in [2.75, 3.05) is 7.11 Å². The van der Waals surface area contributed by atoms with Gasteiger partial charge in [-0.25, -0.2) is 8.42 Å². The normalized spacial score (nSPS) is 12.2. The highest BCUT2D eigenvalue weighted by Gasteiger charge is 2.24. The fourth-order valence-corrected chi connectivity index (χ4v) is 3.39. The molecule has 6 heteroatoms. The maximum atomic E-state index is 12.6. The molecule has 0 unspecified atom stereocenters. The largest absolute Gasteiger partial charge is 0.497 e. The number of sulfonamides is 1. The molecule has 0 spiro atoms. The smallest absolute Gasteiger partial charge is 0.241 e. The predicted octanol–water partition coefficient (Wildman–Crippen LogP) is 3.10. The zero-order chi connectivity index (χ0) is 17.7. The lowest BCUT2D eigenvalue weighted by molar-refractivity contribution is 0.414. The van der Waals surface area contributed by atoms with Crippen molar-refractivity contribution in [1.29, 1.82) is 5.26 Å². The Morgan fingerprint density at radius 2 is 1.92 bits per heavy atom. The van der Waals surface area contributed by atoms with Crippen molar-refractivity contribution in [2.45, 2.75) is 17.9 Å². The van der Waals surface area contributed by atoms with Crippen LogP contribution in [-0.4, -0.2) is 15.5 Å². The molecule has 2 rings (SSSR count). The number of rotatable bonds is 6. The third-order valence-corrected chi connectivity index (χ3v) is 4.96. The summed E-state index contributed by atoms with van der Waals surface area (Å²) in [5.41, 5.74) is 1.63. The summed E-state index contributed by atoms with van der Waals surface area (Å²) < 4.78 is 32.9. The fraction of sp³-hybridized carbons (Fsp3) is 0.167. The minimum atomic E-state index is -3.80. The van der Waals surface area contributed by atoms with E-state index in [2.05, 4.69) is 11.3 Å². The minimum Gasteiger partial charge on any atom is -0.497 e. The van der Waals surface area contributed by atoms with Crippen LogP contribution in [0.2, 0.25) is 0 Å². The van der Waals surface area contributed by atoms with Crippen molar-refractivity contribution >= 4 is 10.0 Å². The van der Waals surface area contributed by atoms with Gasteiger partial charge in [-0.15, -0.1) is 0 Å². The van der Waals surface area contributed by atoms with E-state index in [0.717, 1.165) is 5.56 Å². The zero-order valence-electron chi connectivity index (χ0n) is 13.5. The molecule has 0 radical (unpaired) electrons. The average molecular weight is 342 g/mol. The Bertz CT molecular complexity index is 881. The standard InChI is InChI=1S/C18H18N2O3S/c1-13-7-9-17(10-8-13)24(21,22)20-18(14(2)12-19)15-5-4-6-16(11-15)23-3/h4-11,18,20H,2H2,1,3H3/t18-/m1/s1. The number of hydrogen-bond donors (Lipinski definition) is 1. The Balaban J connectivity index is 2.40. The van der Waals surface area contributed by atoms with Gasteiger partial charge in [-0.3, -0.25) is 0 Å². The molecule has 1 atom stereocenters. The lowest BCUT2D eigenvalue weighted by Crippen LogP contribution is -2.29. The Morgan fingerprint density at radius 3 is 2.50 bits per heavy atom. The first-order valence-corrected chi connectivity index (χ1v) is 8.67. The molecule has 0 saturated heterocycles. The van der Waals surface area contributed by atoms with E-state index in [0.29, 0.717) is 11.3 Å². The van der Waals surface area contributed by atoms with Crippen molar-refractivity contribution in [2.24, 2.45) is 0 Å². The molecule has 124 valence electrons. The Hall–Kier alpha value is -2.62. The summed E-state index contributed by atoms with van der Waals surface area (Å²) in [6, 6.07) is 14.4. The summed E-state index contributed by atoms with van der Waals surface area (Å²) in [7, 11) is -2.28. The van der Waals surface area contributed by atoms with Crippen LogP contribution in [0.3, 0.4) is 0 Å². The van der Waals surface area contributed by atoms with Crippen LogP contribution >= 0.6 is 0 Å². The zero-order valence-corrected chi connectivity index (χ0v) is 14.3. The van der Waals surface area contributed by atoms with Gasteiger partial charge in [0.15, 0.2) is 0 Å². The van der Waals surface area contributed by atoms with Gasteiger partial charge in [-0.2, -0.15) is 9.98 Å². The summed E-state index contributed by atoms with van der Waals surface area (Å²) in [4.78, 5) is 0.131. The van der Waals surface area contributed by atoms with Crippen molar-refractivity contribution in [1.82, 2.24) is 4.72 Å². The summed E-state index contributed by atoms with van der Waals surface area (Å²) in [6.07, 6.45) is 0. The fourth-order valence-electron chi connectivity index (χ4n) is 2.17. The van der Waals surface area contributed by atoms with Gasteiger partial charge in [0.2, 0.25) is 10.0 Å². The summed E-state index contributed by atoms with van der Waals surface area (Å²) in [5.74, 6) is 0.567. The van der Waals surface area contributed by atoms with Crippen LogP contribution in [0.4, 0.5) is 0 Å². The quantitative estimate of drug-likeness (QED) is 0.818. The Morgan fingerprint density at radius 1 is 1.25 bits per heavy atom. The number of aryl methyl sites for hydroxylation is 1. The summed E-state index contributed by atoms with van der Waals surface area (Å²) in [5, 5.41) is 9.18. The molecule has 0 aromatic heterocycles. The summed E-state index contributed by atoms with van der Waals surface area (Å²) in [6.45, 7) is 5.54. The van der Waals surface area contributed by atoms with E-state index in [-0.39, 0.29) is 10.5 Å². The lowest BCUT2D eigenvalue weighted by atomic mass is 10.0. The molecule has 0 aliphatic rings. The number of methoxy groups -OCH3 is 1. The second-order valence-electron chi connectivity index (χ2n) is 5.28. The first-order valence-electron chi connectivity index (χ1n) is 7.19. The van der Waals surface area contributed by atoms with Gasteiger partial charge in [-0.1, -0.05) is 36.4 Å². The van der Waals surface area contributed by atoms with Gasteiger partial charge in [-0.05, 0) is 36.8 Å². The molecular weight excluding hydrogens is 324 g/mol. The summed E-state index contributed by atoms with van der Waals surface area (Å²) >= 11 is 0. The van der Waals surface area contributed by atoms with E-state index in [4.69, 9.17) is 4.74 Å². The van der Waals surface area contributed by atoms with Crippen LogP contribution in [0, 0.1) is 18.3 Å². The highest BCUT2D eigenvalue weighted by molar-refractivity contribution is 7.89. The van der Waals surface area contributed by atoms with E-state index in [1.54, 1.807) is 36.4 Å². The highest BCUT2D eigenvalue weighted by Crippen LogP contribution is 2.26. The number of nitrogens with one attached hydrogen (secondary N) is 1. The van der Waals surface area contributed by atoms with Gasteiger partial charge in [0.25, 0.3) is 0 Å². The molecule has 0 amide bonds. The van der Waals surface area contributed by atoms with Gasteiger partial charge in [0.05, 0.1) is 24.1 Å². The highest BCUT2D eigenvalue weighted by atomic mass is 32.2. The average Bonchev–Trinajstić information content (AvgIpc) is 2.59. The molecule has 24 heavy (non-hydrogen) atoms. The minimum absolute atomic E-state index is 0.0962. The van der Waals surface area contributed by atoms with Gasteiger partial charge in [0, 0.05) is 5.57 Å². The number of benzene rings is 2. The van der Waals surface area contributed by atoms with E-state index in [1.807, 2.05) is 13.0 Å². The van der Waals surface area contributed by atoms with E-state index in [1.165, 1.54) is 19.2 Å². The van der Waals surface area contributed by atoms with Crippen molar-refractivity contribution in [3.8, 4) is 11.8 Å². The molecule has 1 N–H and O–H groups in total. The van der Waals surface area contributed by atoms with Crippen LogP contribution in [0.25, 0.3) is 0 Å². The molecule has 0 fully saturated rings. The third kappa shape index (κ3) is 4.02. The molecule has 0 heterocycles. The topological polar surface area (TPSA) is 79.2 Å². The Kier molecular flexibility index (Phi) is 5.39. The number of ether oxygens (including phenoxy) is 1. The molecule has 0 aliphatic heterocycles. The molecule has 0 aliphatic carbocycles. The van der Waals surface area contributed by atoms with Crippen molar-refractivity contribution in [3.05, 3.63) is 71.8 Å². The van der Waals surface area contributed by atoms with Crippen LogP contribution in [0.5, 0.6) is 5.75 Å². The van der Waals surface area contributed by atoms with Crippen LogP contribution in [-0.2, 0) is 10.0 Å². The number of nitriles is 1. The SMILES string of the molecule is C=C(C#N)[C@@H](NS(=O)(=O)c1ccc(C)cc1)c1cccc(OC)c1. The maximum absolute atomic E-state index is 12.6. The van der Waals surface area contributed by atoms with E-state index < -0.39 is 16.1 Å². The third-order valence-electron chi connectivity index (χ3n) is 3.52. The monoisotopic (exact) mass is 342 g/mol. The van der Waals surface area contributed by atoms with Gasteiger partial charge >= 0.3 is 0 Å². The first-order chi connectivity index (χ1) is 11.4. The predicted molar refractivity (Wildman–Crippen MR) is 92.0 cm³/mol. The van der Waals surface area contributed by atoms with Crippen molar-refractivity contribution < 1.29 is 13.2 Å². The first kappa shape index (κ1) is 17.7.